The molecule has 1 aliphatic rings. The Hall–Kier alpha value is -1.85. The van der Waals surface area contributed by atoms with Gasteiger partial charge in [-0.1, -0.05) is 0 Å². The lowest BCUT2D eigenvalue weighted by atomic mass is 10.1. The van der Waals surface area contributed by atoms with Crippen LogP contribution in [0.5, 0.6) is 0 Å². The van der Waals surface area contributed by atoms with Crippen LogP contribution in [0.1, 0.15) is 21.6 Å². The number of H-pyrrole nitrogens is 1. The number of aromatic amines is 1. The molecule has 1 aromatic heterocycles. The second-order valence-electron chi connectivity index (χ2n) is 5.41. The van der Waals surface area contributed by atoms with Crippen molar-refractivity contribution >= 4 is 16.8 Å². The first-order valence-electron chi connectivity index (χ1n) is 7.21. The Labute approximate surface area is 123 Å². The van der Waals surface area contributed by atoms with Crippen molar-refractivity contribution in [3.05, 3.63) is 35.0 Å². The van der Waals surface area contributed by atoms with Crippen molar-refractivity contribution in [2.24, 2.45) is 0 Å². The fourth-order valence-electron chi connectivity index (χ4n) is 2.57. The van der Waals surface area contributed by atoms with E-state index in [-0.39, 0.29) is 12.0 Å². The maximum atomic E-state index is 12.2. The van der Waals surface area contributed by atoms with Crippen LogP contribution in [0.4, 0.5) is 0 Å². The van der Waals surface area contributed by atoms with Crippen LogP contribution < -0.4 is 5.32 Å². The van der Waals surface area contributed by atoms with Crippen LogP contribution >= 0.6 is 0 Å². The van der Waals surface area contributed by atoms with Crippen LogP contribution in [0.15, 0.2) is 18.2 Å². The topological polar surface area (TPSA) is 63.4 Å². The fraction of sp³-hybridized carbons (Fsp3) is 0.438. The number of amides is 1. The number of hydrogen-bond donors (Lipinski definition) is 2. The largest absolute Gasteiger partial charge is 0.376 e. The first kappa shape index (κ1) is 14.1. The van der Waals surface area contributed by atoms with E-state index in [0.29, 0.717) is 31.9 Å². The zero-order chi connectivity index (χ0) is 14.8. The number of carbonyl (C=O) groups excluding carboxylic acids is 1. The molecule has 1 amide bonds. The molecule has 21 heavy (non-hydrogen) atoms. The van der Waals surface area contributed by atoms with E-state index in [2.05, 4.69) is 17.2 Å². The summed E-state index contributed by atoms with van der Waals surface area (Å²) < 4.78 is 10.8. The van der Waals surface area contributed by atoms with Crippen molar-refractivity contribution < 1.29 is 14.3 Å². The van der Waals surface area contributed by atoms with Crippen molar-refractivity contribution in [1.29, 1.82) is 0 Å². The Balaban J connectivity index is 1.70. The van der Waals surface area contributed by atoms with E-state index >= 15 is 0 Å². The van der Waals surface area contributed by atoms with Crippen molar-refractivity contribution in [2.75, 3.05) is 26.4 Å². The van der Waals surface area contributed by atoms with E-state index in [4.69, 9.17) is 9.47 Å². The van der Waals surface area contributed by atoms with Crippen LogP contribution in [0.25, 0.3) is 10.9 Å². The van der Waals surface area contributed by atoms with Crippen LogP contribution in [0, 0.1) is 13.8 Å². The van der Waals surface area contributed by atoms with Gasteiger partial charge in [0.1, 0.15) is 0 Å². The summed E-state index contributed by atoms with van der Waals surface area (Å²) in [6.45, 7) is 6.33. The Morgan fingerprint density at radius 1 is 1.38 bits per heavy atom. The predicted molar refractivity (Wildman–Crippen MR) is 80.7 cm³/mol. The number of aromatic nitrogens is 1. The number of ether oxygens (including phenoxy) is 2. The highest BCUT2D eigenvalue weighted by atomic mass is 16.6. The number of hydrogen-bond acceptors (Lipinski definition) is 3. The molecule has 0 bridgehead atoms. The minimum absolute atomic E-state index is 0.0531. The van der Waals surface area contributed by atoms with Gasteiger partial charge in [0.25, 0.3) is 5.91 Å². The van der Waals surface area contributed by atoms with E-state index < -0.39 is 0 Å². The highest BCUT2D eigenvalue weighted by Gasteiger charge is 2.16. The molecular weight excluding hydrogens is 268 g/mol. The summed E-state index contributed by atoms with van der Waals surface area (Å²) >= 11 is 0. The molecule has 1 aliphatic heterocycles. The van der Waals surface area contributed by atoms with E-state index in [1.54, 1.807) is 0 Å². The maximum Gasteiger partial charge on any atom is 0.251 e. The van der Waals surface area contributed by atoms with Gasteiger partial charge < -0.3 is 19.8 Å². The SMILES string of the molecule is Cc1[nH]c2ccc(C(=O)NCC3COCCO3)cc2c1C. The molecule has 0 saturated carbocycles. The van der Waals surface area contributed by atoms with Gasteiger partial charge in [-0.3, -0.25) is 4.79 Å². The lowest BCUT2D eigenvalue weighted by Crippen LogP contribution is -2.39. The molecule has 1 fully saturated rings. The molecule has 112 valence electrons. The zero-order valence-electron chi connectivity index (χ0n) is 12.4. The number of rotatable bonds is 3. The van der Waals surface area contributed by atoms with Crippen molar-refractivity contribution in [3.8, 4) is 0 Å². The van der Waals surface area contributed by atoms with Crippen LogP contribution in [-0.2, 0) is 9.47 Å². The number of carbonyl (C=O) groups is 1. The number of aryl methyl sites for hydroxylation is 2. The molecule has 5 heteroatoms. The Bertz CT molecular complexity index is 657. The highest BCUT2D eigenvalue weighted by Crippen LogP contribution is 2.22. The minimum atomic E-state index is -0.0793. The number of benzene rings is 1. The molecule has 0 spiro atoms. The lowest BCUT2D eigenvalue weighted by Gasteiger charge is -2.23. The molecule has 2 aromatic rings. The van der Waals surface area contributed by atoms with E-state index in [9.17, 15) is 4.79 Å². The van der Waals surface area contributed by atoms with Crippen molar-refractivity contribution in [1.82, 2.24) is 10.3 Å². The Morgan fingerprint density at radius 2 is 2.24 bits per heavy atom. The van der Waals surface area contributed by atoms with Gasteiger partial charge in [-0.25, -0.2) is 0 Å². The molecular formula is C16H20N2O3. The lowest BCUT2D eigenvalue weighted by molar-refractivity contribution is -0.0855. The third kappa shape index (κ3) is 2.94. The Morgan fingerprint density at radius 3 is 3.00 bits per heavy atom. The molecule has 1 atom stereocenters. The standard InChI is InChI=1S/C16H20N2O3/c1-10-11(2)18-15-4-3-12(7-14(10)15)16(19)17-8-13-9-20-5-6-21-13/h3-4,7,13,18H,5-6,8-9H2,1-2H3,(H,17,19). The van der Waals surface area contributed by atoms with Gasteiger partial charge in [0, 0.05) is 28.7 Å². The molecule has 2 N–H and O–H groups in total. The summed E-state index contributed by atoms with van der Waals surface area (Å²) in [6, 6.07) is 5.72. The molecule has 3 rings (SSSR count). The monoisotopic (exact) mass is 288 g/mol. The van der Waals surface area contributed by atoms with Gasteiger partial charge in [-0.2, -0.15) is 0 Å². The summed E-state index contributed by atoms with van der Waals surface area (Å²) in [4.78, 5) is 15.5. The molecule has 0 radical (unpaired) electrons. The van der Waals surface area contributed by atoms with Gasteiger partial charge in [-0.15, -0.1) is 0 Å². The normalized spacial score (nSPS) is 18.9. The molecule has 2 heterocycles. The van der Waals surface area contributed by atoms with Crippen LogP contribution in [0.2, 0.25) is 0 Å². The van der Waals surface area contributed by atoms with Gasteiger partial charge in [0.05, 0.1) is 25.9 Å². The molecule has 1 unspecified atom stereocenters. The van der Waals surface area contributed by atoms with E-state index in [0.717, 1.165) is 16.6 Å². The number of fused-ring (bicyclic) bond motifs is 1. The van der Waals surface area contributed by atoms with E-state index in [1.807, 2.05) is 25.1 Å². The van der Waals surface area contributed by atoms with Gasteiger partial charge in [0.2, 0.25) is 0 Å². The van der Waals surface area contributed by atoms with Gasteiger partial charge >= 0.3 is 0 Å². The predicted octanol–water partition coefficient (Wildman–Crippen LogP) is 1.93. The maximum absolute atomic E-state index is 12.2. The summed E-state index contributed by atoms with van der Waals surface area (Å²) in [5, 5.41) is 4.00. The molecule has 1 aromatic carbocycles. The first-order valence-corrected chi connectivity index (χ1v) is 7.21. The van der Waals surface area contributed by atoms with E-state index in [1.165, 1.54) is 5.56 Å². The molecule has 1 saturated heterocycles. The molecule has 5 nitrogen and oxygen atoms in total. The molecule has 0 aliphatic carbocycles. The summed E-state index contributed by atoms with van der Waals surface area (Å²) in [5.74, 6) is -0.0793. The third-order valence-electron chi connectivity index (χ3n) is 3.95. The van der Waals surface area contributed by atoms with Crippen LogP contribution in [0.3, 0.4) is 0 Å². The second-order valence-corrected chi connectivity index (χ2v) is 5.41. The van der Waals surface area contributed by atoms with Crippen LogP contribution in [-0.4, -0.2) is 43.4 Å². The number of nitrogens with one attached hydrogen (secondary N) is 2. The first-order chi connectivity index (χ1) is 10.1. The smallest absolute Gasteiger partial charge is 0.251 e. The Kier molecular flexibility index (Phi) is 3.94. The summed E-state index contributed by atoms with van der Waals surface area (Å²) in [7, 11) is 0. The van der Waals surface area contributed by atoms with Gasteiger partial charge in [0.15, 0.2) is 0 Å². The average molecular weight is 288 g/mol. The minimum Gasteiger partial charge on any atom is -0.376 e. The quantitative estimate of drug-likeness (QED) is 0.907. The van der Waals surface area contributed by atoms with Crippen molar-refractivity contribution in [2.45, 2.75) is 20.0 Å². The second kappa shape index (κ2) is 5.87. The zero-order valence-corrected chi connectivity index (χ0v) is 12.4. The summed E-state index contributed by atoms with van der Waals surface area (Å²) in [5.41, 5.74) is 4.05. The summed E-state index contributed by atoms with van der Waals surface area (Å²) in [6.07, 6.45) is -0.0531. The van der Waals surface area contributed by atoms with Crippen molar-refractivity contribution in [3.63, 3.8) is 0 Å². The highest BCUT2D eigenvalue weighted by molar-refractivity contribution is 5.99. The third-order valence-corrected chi connectivity index (χ3v) is 3.95. The average Bonchev–Trinajstić information content (AvgIpc) is 2.80. The van der Waals surface area contributed by atoms with Gasteiger partial charge in [-0.05, 0) is 37.6 Å². The fourth-order valence-corrected chi connectivity index (χ4v) is 2.57.